The van der Waals surface area contributed by atoms with Crippen molar-refractivity contribution >= 4 is 47.8 Å². The van der Waals surface area contributed by atoms with E-state index in [1.165, 1.54) is 0 Å². The number of esters is 2. The number of nitrogens with one attached hydrogen (secondary N) is 6. The predicted molar refractivity (Wildman–Crippen MR) is 197 cm³/mol. The highest BCUT2D eigenvalue weighted by Crippen LogP contribution is 2.15. The van der Waals surface area contributed by atoms with E-state index in [9.17, 15) is 38.4 Å². The van der Waals surface area contributed by atoms with Crippen LogP contribution in [0, 0.1) is 23.7 Å². The summed E-state index contributed by atoms with van der Waals surface area (Å²) in [6.45, 7) is 22.3. The standard InChI is InChI=1S/C36H62N6O12/c1-17(2)21(27(43)39-23(19(5)6)31(47)51-15)37-29(45)25(41-33(49)53-35(9,10)11)26(42-34(50)54-36(12,13)14)30(46)38-22(18(3)4)28(44)40-24(20(7)8)32(48)52-16/h17-24H,1-16H3,(H,37,45)(H,38,46)(H,39,43)(H,40,44)(H,41,49)(H,42,50)/b26-25-/t21-,22-,23-,24-/m0/s1. The van der Waals surface area contributed by atoms with Gasteiger partial charge < -0.3 is 40.2 Å². The fraction of sp³-hybridized carbons (Fsp3) is 0.722. The van der Waals surface area contributed by atoms with Gasteiger partial charge in [0.15, 0.2) is 0 Å². The van der Waals surface area contributed by atoms with Crippen LogP contribution < -0.4 is 31.9 Å². The Hall–Kier alpha value is -4.90. The van der Waals surface area contributed by atoms with Gasteiger partial charge in [0.1, 0.15) is 46.8 Å². The summed E-state index contributed by atoms with van der Waals surface area (Å²) in [5.41, 5.74) is -3.98. The van der Waals surface area contributed by atoms with E-state index in [1.54, 1.807) is 96.9 Å². The molecule has 0 bridgehead atoms. The summed E-state index contributed by atoms with van der Waals surface area (Å²) in [5.74, 6) is -7.61. The Morgan fingerprint density at radius 1 is 0.426 bits per heavy atom. The van der Waals surface area contributed by atoms with Gasteiger partial charge >= 0.3 is 24.1 Å². The number of carbonyl (C=O) groups is 8. The van der Waals surface area contributed by atoms with Gasteiger partial charge in [0, 0.05) is 0 Å². The molecule has 0 aromatic rings. The first-order valence-corrected chi connectivity index (χ1v) is 17.7. The zero-order valence-electron chi connectivity index (χ0n) is 34.5. The molecule has 0 aliphatic rings. The highest BCUT2D eigenvalue weighted by Gasteiger charge is 2.37. The molecule has 0 radical (unpaired) electrons. The first kappa shape index (κ1) is 49.1. The molecule has 6 N–H and O–H groups in total. The average molecular weight is 771 g/mol. The van der Waals surface area contributed by atoms with E-state index < -0.39 is 118 Å². The van der Waals surface area contributed by atoms with Crippen molar-refractivity contribution in [3.63, 3.8) is 0 Å². The summed E-state index contributed by atoms with van der Waals surface area (Å²) >= 11 is 0. The lowest BCUT2D eigenvalue weighted by molar-refractivity contribution is -0.147. The van der Waals surface area contributed by atoms with Gasteiger partial charge in [0.25, 0.3) is 11.8 Å². The van der Waals surface area contributed by atoms with E-state index in [1.807, 2.05) is 0 Å². The minimum absolute atomic E-state index is 0.405. The second-order valence-electron chi connectivity index (χ2n) is 15.9. The highest BCUT2D eigenvalue weighted by molar-refractivity contribution is 6.09. The minimum Gasteiger partial charge on any atom is -0.467 e. The molecule has 6 amide bonds. The van der Waals surface area contributed by atoms with Crippen molar-refractivity contribution in [2.24, 2.45) is 23.7 Å². The van der Waals surface area contributed by atoms with E-state index in [4.69, 9.17) is 18.9 Å². The van der Waals surface area contributed by atoms with Crippen LogP contribution in [0.1, 0.15) is 96.9 Å². The number of carbonyl (C=O) groups excluding carboxylic acids is 8. The van der Waals surface area contributed by atoms with E-state index in [0.29, 0.717) is 0 Å². The maximum absolute atomic E-state index is 14.2. The molecule has 18 heteroatoms. The lowest BCUT2D eigenvalue weighted by Crippen LogP contribution is -2.57. The summed E-state index contributed by atoms with van der Waals surface area (Å²) in [4.78, 5) is 106. The number of alkyl carbamates (subject to hydrolysis) is 2. The fourth-order valence-electron chi connectivity index (χ4n) is 4.51. The van der Waals surface area contributed by atoms with Crippen molar-refractivity contribution in [3.05, 3.63) is 11.4 Å². The number of hydrogen-bond donors (Lipinski definition) is 6. The SMILES string of the molecule is COC(=O)[C@@H](NC(=O)[C@@H](NC(=O)/C(NC(=O)OC(C)(C)C)=C(/NC(=O)OC(C)(C)C)C(=O)N[C@H](C(=O)N[C@H](C(=O)OC)C(C)C)C(C)C)C(C)C)C(C)C. The van der Waals surface area contributed by atoms with Gasteiger partial charge in [-0.15, -0.1) is 0 Å². The Bertz CT molecular complexity index is 1310. The quantitative estimate of drug-likeness (QED) is 0.0751. The zero-order valence-corrected chi connectivity index (χ0v) is 34.5. The van der Waals surface area contributed by atoms with Crippen molar-refractivity contribution in [2.45, 2.75) is 132 Å². The van der Waals surface area contributed by atoms with Crippen molar-refractivity contribution < 1.29 is 57.3 Å². The average Bonchev–Trinajstić information content (AvgIpc) is 3.01. The molecule has 4 atom stereocenters. The van der Waals surface area contributed by atoms with Crippen LogP contribution in [-0.2, 0) is 47.7 Å². The second kappa shape index (κ2) is 21.1. The smallest absolute Gasteiger partial charge is 0.412 e. The molecule has 0 aromatic heterocycles. The number of hydrogen-bond acceptors (Lipinski definition) is 12. The third-order valence-electron chi connectivity index (χ3n) is 7.27. The Balaban J connectivity index is 7.45. The molecule has 0 spiro atoms. The zero-order chi connectivity index (χ0) is 42.5. The van der Waals surface area contributed by atoms with E-state index in [-0.39, 0.29) is 0 Å². The monoisotopic (exact) mass is 770 g/mol. The van der Waals surface area contributed by atoms with E-state index in [2.05, 4.69) is 31.9 Å². The van der Waals surface area contributed by atoms with Crippen LogP contribution in [0.4, 0.5) is 9.59 Å². The Morgan fingerprint density at radius 3 is 0.889 bits per heavy atom. The first-order valence-electron chi connectivity index (χ1n) is 17.7. The van der Waals surface area contributed by atoms with Gasteiger partial charge in [-0.1, -0.05) is 55.4 Å². The largest absolute Gasteiger partial charge is 0.467 e. The first-order chi connectivity index (χ1) is 24.6. The third-order valence-corrected chi connectivity index (χ3v) is 7.27. The molecule has 0 aliphatic heterocycles. The van der Waals surface area contributed by atoms with Crippen LogP contribution in [0.3, 0.4) is 0 Å². The topological polar surface area (TPSA) is 246 Å². The molecular weight excluding hydrogens is 708 g/mol. The summed E-state index contributed by atoms with van der Waals surface area (Å²) < 4.78 is 20.3. The van der Waals surface area contributed by atoms with E-state index >= 15 is 0 Å². The second-order valence-corrected chi connectivity index (χ2v) is 15.9. The van der Waals surface area contributed by atoms with Crippen LogP contribution >= 0.6 is 0 Å². The lowest BCUT2D eigenvalue weighted by Gasteiger charge is -2.28. The van der Waals surface area contributed by atoms with Crippen LogP contribution in [0.2, 0.25) is 0 Å². The van der Waals surface area contributed by atoms with Gasteiger partial charge in [-0.25, -0.2) is 19.2 Å². The number of rotatable bonds is 16. The molecule has 0 aliphatic carbocycles. The molecule has 0 unspecified atom stereocenters. The Labute approximate surface area is 318 Å². The third kappa shape index (κ3) is 16.8. The molecule has 0 rings (SSSR count). The molecule has 0 saturated carbocycles. The molecule has 18 nitrogen and oxygen atoms in total. The maximum Gasteiger partial charge on any atom is 0.412 e. The number of methoxy groups -OCH3 is 2. The highest BCUT2D eigenvalue weighted by atomic mass is 16.6. The molecule has 308 valence electrons. The van der Waals surface area contributed by atoms with E-state index in [0.717, 1.165) is 14.2 Å². The van der Waals surface area contributed by atoms with Crippen molar-refractivity contribution in [1.29, 1.82) is 0 Å². The van der Waals surface area contributed by atoms with Crippen LogP contribution in [0.15, 0.2) is 11.4 Å². The van der Waals surface area contributed by atoms with Crippen LogP contribution in [0.25, 0.3) is 0 Å². The van der Waals surface area contributed by atoms with Gasteiger partial charge in [-0.05, 0) is 65.2 Å². The molecule has 0 fully saturated rings. The Kier molecular flexibility index (Phi) is 19.2. The normalized spacial score (nSPS) is 14.4. The Morgan fingerprint density at radius 2 is 0.685 bits per heavy atom. The number of ether oxygens (including phenoxy) is 4. The summed E-state index contributed by atoms with van der Waals surface area (Å²) in [7, 11) is 2.31. The summed E-state index contributed by atoms with van der Waals surface area (Å²) in [6.07, 6.45) is -2.45. The molecular formula is C36H62N6O12. The predicted octanol–water partition coefficient (Wildman–Crippen LogP) is 2.16. The maximum atomic E-state index is 14.2. The van der Waals surface area contributed by atoms with Gasteiger partial charge in [0.2, 0.25) is 11.8 Å². The number of amides is 6. The summed E-state index contributed by atoms with van der Waals surface area (Å²) in [6, 6.07) is -4.91. The van der Waals surface area contributed by atoms with Gasteiger partial charge in [-0.3, -0.25) is 29.8 Å². The van der Waals surface area contributed by atoms with Gasteiger partial charge in [0.05, 0.1) is 14.2 Å². The van der Waals surface area contributed by atoms with Gasteiger partial charge in [-0.2, -0.15) is 0 Å². The summed E-state index contributed by atoms with van der Waals surface area (Å²) in [5, 5.41) is 14.4. The van der Waals surface area contributed by atoms with Crippen molar-refractivity contribution in [2.75, 3.05) is 14.2 Å². The molecule has 0 aromatic carbocycles. The van der Waals surface area contributed by atoms with Crippen molar-refractivity contribution in [3.8, 4) is 0 Å². The fourth-order valence-corrected chi connectivity index (χ4v) is 4.51. The van der Waals surface area contributed by atoms with Crippen LogP contribution in [-0.4, -0.2) is 97.3 Å². The molecule has 54 heavy (non-hydrogen) atoms. The van der Waals surface area contributed by atoms with Crippen LogP contribution in [0.5, 0.6) is 0 Å². The van der Waals surface area contributed by atoms with Crippen molar-refractivity contribution in [1.82, 2.24) is 31.9 Å². The minimum atomic E-state index is -1.37. The molecule has 0 heterocycles. The lowest BCUT2D eigenvalue weighted by atomic mass is 9.99. The molecule has 0 saturated heterocycles.